The standard InChI is InChI=1S/C14H15N5O2S/c1-11-16-14-13(8-5-9-19(14)17-11)18-22(20,21)15-10-12-6-3-2-4-7-12/h2-9,15,18H,10H2,1H3. The third-order valence-corrected chi connectivity index (χ3v) is 4.03. The molecule has 0 amide bonds. The van der Waals surface area contributed by atoms with Crippen molar-refractivity contribution in [3.63, 3.8) is 0 Å². The van der Waals surface area contributed by atoms with Crippen LogP contribution in [-0.4, -0.2) is 23.0 Å². The van der Waals surface area contributed by atoms with E-state index in [0.717, 1.165) is 5.56 Å². The molecular weight excluding hydrogens is 302 g/mol. The molecule has 2 N–H and O–H groups in total. The molecule has 2 aromatic heterocycles. The summed E-state index contributed by atoms with van der Waals surface area (Å²) in [6.07, 6.45) is 1.71. The van der Waals surface area contributed by atoms with Crippen molar-refractivity contribution in [1.82, 2.24) is 19.3 Å². The quantitative estimate of drug-likeness (QED) is 0.746. The number of benzene rings is 1. The van der Waals surface area contributed by atoms with Crippen LogP contribution in [0.4, 0.5) is 5.69 Å². The molecule has 0 saturated carbocycles. The molecule has 0 spiro atoms. The predicted molar refractivity (Wildman–Crippen MR) is 83.5 cm³/mol. The van der Waals surface area contributed by atoms with E-state index < -0.39 is 10.2 Å². The lowest BCUT2D eigenvalue weighted by molar-refractivity contribution is 0.587. The van der Waals surface area contributed by atoms with Crippen LogP contribution in [0.3, 0.4) is 0 Å². The summed E-state index contributed by atoms with van der Waals surface area (Å²) in [4.78, 5) is 4.21. The highest BCUT2D eigenvalue weighted by atomic mass is 32.2. The summed E-state index contributed by atoms with van der Waals surface area (Å²) in [6, 6.07) is 12.6. The Morgan fingerprint density at radius 1 is 1.14 bits per heavy atom. The highest BCUT2D eigenvalue weighted by molar-refractivity contribution is 7.90. The molecule has 0 aliphatic heterocycles. The first-order valence-electron chi connectivity index (χ1n) is 6.67. The second-order valence-electron chi connectivity index (χ2n) is 4.76. The van der Waals surface area contributed by atoms with Crippen molar-refractivity contribution in [2.45, 2.75) is 13.5 Å². The third-order valence-electron chi connectivity index (χ3n) is 3.02. The fourth-order valence-corrected chi connectivity index (χ4v) is 2.93. The van der Waals surface area contributed by atoms with Gasteiger partial charge in [0, 0.05) is 12.7 Å². The van der Waals surface area contributed by atoms with Crippen molar-refractivity contribution in [1.29, 1.82) is 0 Å². The zero-order valence-corrected chi connectivity index (χ0v) is 12.7. The van der Waals surface area contributed by atoms with Gasteiger partial charge in [0.15, 0.2) is 5.65 Å². The van der Waals surface area contributed by atoms with E-state index in [-0.39, 0.29) is 6.54 Å². The highest BCUT2D eigenvalue weighted by Gasteiger charge is 2.13. The fourth-order valence-electron chi connectivity index (χ4n) is 2.05. The predicted octanol–water partition coefficient (Wildman–Crippen LogP) is 1.48. The number of fused-ring (bicyclic) bond motifs is 1. The largest absolute Gasteiger partial charge is 0.299 e. The van der Waals surface area contributed by atoms with E-state index in [4.69, 9.17) is 0 Å². The molecule has 0 aliphatic rings. The average Bonchev–Trinajstić information content (AvgIpc) is 2.88. The molecule has 3 rings (SSSR count). The van der Waals surface area contributed by atoms with Gasteiger partial charge in [-0.25, -0.2) is 9.50 Å². The van der Waals surface area contributed by atoms with Gasteiger partial charge in [0.2, 0.25) is 0 Å². The Balaban J connectivity index is 1.78. The fraction of sp³-hybridized carbons (Fsp3) is 0.143. The van der Waals surface area contributed by atoms with Crippen LogP contribution in [0.2, 0.25) is 0 Å². The van der Waals surface area contributed by atoms with Crippen LogP contribution in [0.25, 0.3) is 5.65 Å². The van der Waals surface area contributed by atoms with Crippen molar-refractivity contribution < 1.29 is 8.42 Å². The molecule has 0 unspecified atom stereocenters. The van der Waals surface area contributed by atoms with E-state index in [9.17, 15) is 8.42 Å². The van der Waals surface area contributed by atoms with E-state index in [1.54, 1.807) is 25.3 Å². The van der Waals surface area contributed by atoms with E-state index in [1.165, 1.54) is 4.52 Å². The molecule has 3 aromatic rings. The molecule has 8 heteroatoms. The van der Waals surface area contributed by atoms with Gasteiger partial charge < -0.3 is 0 Å². The monoisotopic (exact) mass is 317 g/mol. The maximum Gasteiger partial charge on any atom is 0.299 e. The van der Waals surface area contributed by atoms with Crippen molar-refractivity contribution in [2.24, 2.45) is 0 Å². The highest BCUT2D eigenvalue weighted by Crippen LogP contribution is 2.15. The molecule has 0 saturated heterocycles. The van der Waals surface area contributed by atoms with Crippen LogP contribution < -0.4 is 9.44 Å². The number of nitrogens with zero attached hydrogens (tertiary/aromatic N) is 3. The summed E-state index contributed by atoms with van der Waals surface area (Å²) in [6.45, 7) is 1.96. The lowest BCUT2D eigenvalue weighted by Gasteiger charge is -2.09. The van der Waals surface area contributed by atoms with Crippen LogP contribution in [0, 0.1) is 6.92 Å². The van der Waals surface area contributed by atoms with Gasteiger partial charge in [-0.05, 0) is 24.6 Å². The van der Waals surface area contributed by atoms with Gasteiger partial charge in [0.1, 0.15) is 5.82 Å². The summed E-state index contributed by atoms with van der Waals surface area (Å²) < 4.78 is 30.8. The molecule has 1 aromatic carbocycles. The zero-order chi connectivity index (χ0) is 15.6. The first kappa shape index (κ1) is 14.5. The lowest BCUT2D eigenvalue weighted by Crippen LogP contribution is -2.29. The van der Waals surface area contributed by atoms with Crippen molar-refractivity contribution in [2.75, 3.05) is 4.72 Å². The Bertz CT molecular complexity index is 890. The molecule has 2 heterocycles. The average molecular weight is 317 g/mol. The molecule has 0 radical (unpaired) electrons. The van der Waals surface area contributed by atoms with Gasteiger partial charge in [-0.1, -0.05) is 30.3 Å². The Kier molecular flexibility index (Phi) is 3.78. The minimum atomic E-state index is -3.70. The van der Waals surface area contributed by atoms with Crippen molar-refractivity contribution in [3.8, 4) is 0 Å². The molecule has 0 fully saturated rings. The zero-order valence-electron chi connectivity index (χ0n) is 11.9. The maximum absolute atomic E-state index is 12.1. The Hall–Kier alpha value is -2.45. The normalized spacial score (nSPS) is 11.7. The number of nitrogens with one attached hydrogen (secondary N) is 2. The number of pyridine rings is 1. The van der Waals surface area contributed by atoms with Gasteiger partial charge in [0.25, 0.3) is 10.2 Å². The molecule has 0 atom stereocenters. The molecule has 0 bridgehead atoms. The lowest BCUT2D eigenvalue weighted by atomic mass is 10.2. The van der Waals surface area contributed by atoms with Crippen LogP contribution >= 0.6 is 0 Å². The van der Waals surface area contributed by atoms with Gasteiger partial charge in [-0.3, -0.25) is 4.72 Å². The summed E-state index contributed by atoms with van der Waals surface area (Å²) in [5, 5.41) is 4.15. The summed E-state index contributed by atoms with van der Waals surface area (Å²) >= 11 is 0. The molecule has 114 valence electrons. The van der Waals surface area contributed by atoms with E-state index in [0.29, 0.717) is 17.2 Å². The first-order chi connectivity index (χ1) is 10.5. The Labute approximate surface area is 128 Å². The maximum atomic E-state index is 12.1. The summed E-state index contributed by atoms with van der Waals surface area (Å²) in [5.74, 6) is 0.573. The number of hydrogen-bond donors (Lipinski definition) is 2. The smallest absolute Gasteiger partial charge is 0.267 e. The molecule has 22 heavy (non-hydrogen) atoms. The second-order valence-corrected chi connectivity index (χ2v) is 6.26. The summed E-state index contributed by atoms with van der Waals surface area (Å²) in [5.41, 5.74) is 1.72. The Morgan fingerprint density at radius 3 is 2.68 bits per heavy atom. The van der Waals surface area contributed by atoms with Crippen LogP contribution in [0.1, 0.15) is 11.4 Å². The number of rotatable bonds is 5. The molecule has 0 aliphatic carbocycles. The molecular formula is C14H15N5O2S. The Morgan fingerprint density at radius 2 is 1.91 bits per heavy atom. The van der Waals surface area contributed by atoms with E-state index >= 15 is 0 Å². The van der Waals surface area contributed by atoms with Crippen LogP contribution in [0.15, 0.2) is 48.7 Å². The van der Waals surface area contributed by atoms with Crippen molar-refractivity contribution in [3.05, 3.63) is 60.0 Å². The van der Waals surface area contributed by atoms with Crippen LogP contribution in [0.5, 0.6) is 0 Å². The summed E-state index contributed by atoms with van der Waals surface area (Å²) in [7, 11) is -3.70. The van der Waals surface area contributed by atoms with Crippen LogP contribution in [-0.2, 0) is 16.8 Å². The van der Waals surface area contributed by atoms with Crippen molar-refractivity contribution >= 4 is 21.5 Å². The number of aryl methyl sites for hydroxylation is 1. The number of anilines is 1. The minimum Gasteiger partial charge on any atom is -0.267 e. The van der Waals surface area contributed by atoms with Gasteiger partial charge >= 0.3 is 0 Å². The van der Waals surface area contributed by atoms with Gasteiger partial charge in [-0.15, -0.1) is 0 Å². The topological polar surface area (TPSA) is 88.4 Å². The SMILES string of the molecule is Cc1nc2c(NS(=O)(=O)NCc3ccccc3)cccn2n1. The third kappa shape index (κ3) is 3.23. The van der Waals surface area contributed by atoms with E-state index in [1.807, 2.05) is 30.3 Å². The van der Waals surface area contributed by atoms with Gasteiger partial charge in [-0.2, -0.15) is 18.2 Å². The number of aromatic nitrogens is 3. The van der Waals surface area contributed by atoms with Gasteiger partial charge in [0.05, 0.1) is 5.69 Å². The number of hydrogen-bond acceptors (Lipinski definition) is 4. The minimum absolute atomic E-state index is 0.213. The molecule has 7 nitrogen and oxygen atoms in total. The second kappa shape index (κ2) is 5.74. The van der Waals surface area contributed by atoms with E-state index in [2.05, 4.69) is 19.5 Å². The first-order valence-corrected chi connectivity index (χ1v) is 8.15.